The molecule has 122 valence electrons. The molecule has 1 heterocycles. The summed E-state index contributed by atoms with van der Waals surface area (Å²) in [6, 6.07) is 7.19. The monoisotopic (exact) mass is 336 g/mol. The fraction of sp³-hybridized carbons (Fsp3) is 0.357. The summed E-state index contributed by atoms with van der Waals surface area (Å²) in [5, 5.41) is 14.0. The van der Waals surface area contributed by atoms with Gasteiger partial charge in [0.25, 0.3) is 0 Å². The third kappa shape index (κ3) is 5.33. The Morgan fingerprint density at radius 3 is 2.65 bits per heavy atom. The van der Waals surface area contributed by atoms with Crippen molar-refractivity contribution in [3.8, 4) is 0 Å². The van der Waals surface area contributed by atoms with Gasteiger partial charge in [-0.15, -0.1) is 5.10 Å². The van der Waals surface area contributed by atoms with E-state index in [2.05, 4.69) is 20.8 Å². The molecule has 2 rings (SSSR count). The topological polar surface area (TPSA) is 93.0 Å². The van der Waals surface area contributed by atoms with Crippen molar-refractivity contribution in [1.29, 1.82) is 0 Å². The van der Waals surface area contributed by atoms with Crippen LogP contribution in [0.1, 0.15) is 12.5 Å². The minimum absolute atomic E-state index is 0.00526. The lowest BCUT2D eigenvalue weighted by atomic mass is 10.2. The molecule has 0 bridgehead atoms. The molecule has 23 heavy (non-hydrogen) atoms. The van der Waals surface area contributed by atoms with Crippen LogP contribution in [-0.4, -0.2) is 50.0 Å². The van der Waals surface area contributed by atoms with Crippen LogP contribution >= 0.6 is 11.6 Å². The number of nitrogens with zero attached hydrogens (tertiary/aromatic N) is 5. The highest BCUT2D eigenvalue weighted by Crippen LogP contribution is 2.09. The molecule has 0 saturated carbocycles. The van der Waals surface area contributed by atoms with Crippen LogP contribution in [0, 0.1) is 0 Å². The quantitative estimate of drug-likeness (QED) is 0.794. The Kier molecular flexibility index (Phi) is 6.04. The number of nitrogens with one attached hydrogen (secondary N) is 1. The number of carbonyl (C=O) groups is 2. The molecule has 0 spiro atoms. The predicted molar refractivity (Wildman–Crippen MR) is 83.4 cm³/mol. The van der Waals surface area contributed by atoms with Gasteiger partial charge in [0.15, 0.2) is 0 Å². The molecule has 0 fully saturated rings. The summed E-state index contributed by atoms with van der Waals surface area (Å²) in [4.78, 5) is 25.5. The SMILES string of the molecule is CCN(CC(=O)NCc1ccc(Cl)cc1)C(=O)Cn1cnnn1. The van der Waals surface area contributed by atoms with Gasteiger partial charge in [0.2, 0.25) is 11.8 Å². The van der Waals surface area contributed by atoms with Crippen molar-refractivity contribution >= 4 is 23.4 Å². The largest absolute Gasteiger partial charge is 0.350 e. The maximum absolute atomic E-state index is 12.1. The Labute approximate surface area is 138 Å². The first-order valence-electron chi connectivity index (χ1n) is 7.08. The maximum atomic E-state index is 12.1. The van der Waals surface area contributed by atoms with Crippen molar-refractivity contribution in [2.45, 2.75) is 20.0 Å². The van der Waals surface area contributed by atoms with Gasteiger partial charge in [-0.2, -0.15) is 0 Å². The molecule has 0 radical (unpaired) electrons. The Hall–Kier alpha value is -2.48. The van der Waals surface area contributed by atoms with E-state index < -0.39 is 0 Å². The van der Waals surface area contributed by atoms with E-state index in [0.717, 1.165) is 5.56 Å². The third-order valence-corrected chi connectivity index (χ3v) is 3.41. The third-order valence-electron chi connectivity index (χ3n) is 3.16. The van der Waals surface area contributed by atoms with Crippen molar-refractivity contribution < 1.29 is 9.59 Å². The number of rotatable bonds is 7. The van der Waals surface area contributed by atoms with Crippen LogP contribution in [0.25, 0.3) is 0 Å². The summed E-state index contributed by atoms with van der Waals surface area (Å²) in [6.45, 7) is 2.62. The van der Waals surface area contributed by atoms with Crippen molar-refractivity contribution in [2.24, 2.45) is 0 Å². The molecule has 2 aromatic rings. The zero-order valence-electron chi connectivity index (χ0n) is 12.6. The molecule has 1 aromatic heterocycles. The molecule has 0 aliphatic heterocycles. The second kappa shape index (κ2) is 8.23. The van der Waals surface area contributed by atoms with Crippen molar-refractivity contribution in [3.05, 3.63) is 41.2 Å². The van der Waals surface area contributed by atoms with Crippen LogP contribution in [0.2, 0.25) is 5.02 Å². The highest BCUT2D eigenvalue weighted by Gasteiger charge is 2.16. The smallest absolute Gasteiger partial charge is 0.244 e. The summed E-state index contributed by atoms with van der Waals surface area (Å²) in [5.74, 6) is -0.451. The number of likely N-dealkylation sites (N-methyl/N-ethyl adjacent to an activating group) is 1. The Bertz CT molecular complexity index is 644. The number of amides is 2. The van der Waals surface area contributed by atoms with E-state index in [1.54, 1.807) is 12.1 Å². The summed E-state index contributed by atoms with van der Waals surface area (Å²) in [5.41, 5.74) is 0.936. The van der Waals surface area contributed by atoms with Crippen LogP contribution in [0.4, 0.5) is 0 Å². The number of carbonyl (C=O) groups excluding carboxylic acids is 2. The molecule has 0 unspecified atom stereocenters. The summed E-state index contributed by atoms with van der Waals surface area (Å²) >= 11 is 5.81. The van der Waals surface area contributed by atoms with E-state index in [4.69, 9.17) is 11.6 Å². The van der Waals surface area contributed by atoms with E-state index in [-0.39, 0.29) is 24.9 Å². The molecule has 0 atom stereocenters. The van der Waals surface area contributed by atoms with Crippen LogP contribution < -0.4 is 5.32 Å². The molecule has 0 aliphatic carbocycles. The first-order valence-corrected chi connectivity index (χ1v) is 7.46. The van der Waals surface area contributed by atoms with E-state index in [1.165, 1.54) is 15.9 Å². The zero-order chi connectivity index (χ0) is 16.7. The van der Waals surface area contributed by atoms with E-state index in [1.807, 2.05) is 19.1 Å². The summed E-state index contributed by atoms with van der Waals surface area (Å²) in [7, 11) is 0. The molecule has 1 N–H and O–H groups in total. The minimum Gasteiger partial charge on any atom is -0.350 e. The molecular weight excluding hydrogens is 320 g/mol. The van der Waals surface area contributed by atoms with E-state index in [9.17, 15) is 9.59 Å². The number of aromatic nitrogens is 4. The Morgan fingerprint density at radius 2 is 2.04 bits per heavy atom. The van der Waals surface area contributed by atoms with Crippen LogP contribution in [0.15, 0.2) is 30.6 Å². The zero-order valence-corrected chi connectivity index (χ0v) is 13.4. The normalized spacial score (nSPS) is 10.3. The molecule has 8 nitrogen and oxygen atoms in total. The lowest BCUT2D eigenvalue weighted by Gasteiger charge is -2.20. The van der Waals surface area contributed by atoms with Gasteiger partial charge in [-0.05, 0) is 35.0 Å². The van der Waals surface area contributed by atoms with Crippen molar-refractivity contribution in [3.63, 3.8) is 0 Å². The number of halogens is 1. The molecule has 1 aromatic carbocycles. The summed E-state index contributed by atoms with van der Waals surface area (Å²) < 4.78 is 1.32. The fourth-order valence-corrected chi connectivity index (χ4v) is 2.03. The van der Waals surface area contributed by atoms with E-state index >= 15 is 0 Å². The van der Waals surface area contributed by atoms with E-state index in [0.29, 0.717) is 18.1 Å². The van der Waals surface area contributed by atoms with Gasteiger partial charge in [0.1, 0.15) is 12.9 Å². The maximum Gasteiger partial charge on any atom is 0.244 e. The van der Waals surface area contributed by atoms with Gasteiger partial charge in [-0.1, -0.05) is 23.7 Å². The minimum atomic E-state index is -0.230. The van der Waals surface area contributed by atoms with Gasteiger partial charge in [0, 0.05) is 18.1 Å². The average molecular weight is 337 g/mol. The van der Waals surface area contributed by atoms with Gasteiger partial charge in [-0.25, -0.2) is 4.68 Å². The summed E-state index contributed by atoms with van der Waals surface area (Å²) in [6.07, 6.45) is 1.35. The lowest BCUT2D eigenvalue weighted by Crippen LogP contribution is -2.41. The Balaban J connectivity index is 1.81. The van der Waals surface area contributed by atoms with Gasteiger partial charge in [0.05, 0.1) is 6.54 Å². The highest BCUT2D eigenvalue weighted by molar-refractivity contribution is 6.30. The van der Waals surface area contributed by atoms with Gasteiger partial charge < -0.3 is 10.2 Å². The number of hydrogen-bond acceptors (Lipinski definition) is 5. The highest BCUT2D eigenvalue weighted by atomic mass is 35.5. The molecule has 0 saturated heterocycles. The fourth-order valence-electron chi connectivity index (χ4n) is 1.90. The van der Waals surface area contributed by atoms with Crippen molar-refractivity contribution in [1.82, 2.24) is 30.4 Å². The standard InChI is InChI=1S/C14H17ClN6O2/c1-2-20(14(23)9-21-10-17-18-19-21)8-13(22)16-7-11-3-5-12(15)6-4-11/h3-6,10H,2,7-9H2,1H3,(H,16,22). The molecule has 9 heteroatoms. The Morgan fingerprint density at radius 1 is 1.30 bits per heavy atom. The lowest BCUT2D eigenvalue weighted by molar-refractivity contribution is -0.136. The van der Waals surface area contributed by atoms with Gasteiger partial charge in [-0.3, -0.25) is 9.59 Å². The predicted octanol–water partition coefficient (Wildman–Crippen LogP) is 0.491. The molecule has 0 aliphatic rings. The van der Waals surface area contributed by atoms with Gasteiger partial charge >= 0.3 is 0 Å². The van der Waals surface area contributed by atoms with Crippen molar-refractivity contribution in [2.75, 3.05) is 13.1 Å². The van der Waals surface area contributed by atoms with Crippen LogP contribution in [-0.2, 0) is 22.7 Å². The first kappa shape index (κ1) is 16.9. The van der Waals surface area contributed by atoms with Crippen LogP contribution in [0.3, 0.4) is 0 Å². The molecular formula is C14H17ClN6O2. The second-order valence-electron chi connectivity index (χ2n) is 4.82. The second-order valence-corrected chi connectivity index (χ2v) is 5.25. The van der Waals surface area contributed by atoms with Crippen LogP contribution in [0.5, 0.6) is 0 Å². The first-order chi connectivity index (χ1) is 11.1. The number of benzene rings is 1. The number of tetrazole rings is 1. The average Bonchev–Trinajstić information content (AvgIpc) is 3.05. The number of hydrogen-bond donors (Lipinski definition) is 1. The molecule has 2 amide bonds.